The van der Waals surface area contributed by atoms with Crippen LogP contribution in [0.15, 0.2) is 53.3 Å². The number of nitrogens with two attached hydrogens (primary N) is 1. The Kier molecular flexibility index (Phi) is 5.63. The highest BCUT2D eigenvalue weighted by Crippen LogP contribution is 2.34. The van der Waals surface area contributed by atoms with Crippen LogP contribution in [0.5, 0.6) is 5.75 Å². The number of pyridine rings is 1. The molecule has 28 heavy (non-hydrogen) atoms. The molecule has 2 heterocycles. The second-order valence-electron chi connectivity index (χ2n) is 7.43. The zero-order valence-electron chi connectivity index (χ0n) is 16.1. The predicted molar refractivity (Wildman–Crippen MR) is 115 cm³/mol. The van der Waals surface area contributed by atoms with Crippen LogP contribution in [-0.4, -0.2) is 36.1 Å². The van der Waals surface area contributed by atoms with E-state index < -0.39 is 0 Å². The lowest BCUT2D eigenvalue weighted by Gasteiger charge is -2.26. The van der Waals surface area contributed by atoms with Gasteiger partial charge in [-0.15, -0.1) is 0 Å². The van der Waals surface area contributed by atoms with Gasteiger partial charge in [-0.2, -0.15) is 0 Å². The lowest BCUT2D eigenvalue weighted by molar-refractivity contribution is 0.205. The van der Waals surface area contributed by atoms with Gasteiger partial charge in [-0.1, -0.05) is 36.8 Å². The highest BCUT2D eigenvalue weighted by Gasteiger charge is 2.15. The minimum Gasteiger partial charge on any atom is -0.491 e. The summed E-state index contributed by atoms with van der Waals surface area (Å²) in [5.41, 5.74) is 7.97. The van der Waals surface area contributed by atoms with E-state index >= 15 is 0 Å². The van der Waals surface area contributed by atoms with Gasteiger partial charge in [-0.25, -0.2) is 0 Å². The third-order valence-corrected chi connectivity index (χ3v) is 5.37. The number of benzene rings is 2. The molecule has 2 aromatic carbocycles. The Labute approximate surface area is 165 Å². The molecule has 0 aliphatic carbocycles. The van der Waals surface area contributed by atoms with Crippen molar-refractivity contribution in [1.82, 2.24) is 9.88 Å². The summed E-state index contributed by atoms with van der Waals surface area (Å²) in [6.45, 7) is 4.04. The number of piperidine rings is 1. The molecule has 0 spiro atoms. The summed E-state index contributed by atoms with van der Waals surface area (Å²) in [4.78, 5) is 18.2. The van der Waals surface area contributed by atoms with Crippen LogP contribution >= 0.6 is 0 Å². The molecule has 0 amide bonds. The smallest absolute Gasteiger partial charge is 0.256 e. The van der Waals surface area contributed by atoms with Crippen molar-refractivity contribution < 1.29 is 4.74 Å². The molecule has 1 aliphatic heterocycles. The molecule has 0 bridgehead atoms. The van der Waals surface area contributed by atoms with Crippen molar-refractivity contribution in [3.8, 4) is 17.0 Å². The molecule has 3 N–H and O–H groups in total. The van der Waals surface area contributed by atoms with Crippen LogP contribution in [0.25, 0.3) is 22.0 Å². The average molecular weight is 377 g/mol. The van der Waals surface area contributed by atoms with Gasteiger partial charge < -0.3 is 20.4 Å². The number of rotatable bonds is 6. The molecule has 1 aromatic heterocycles. The fourth-order valence-corrected chi connectivity index (χ4v) is 3.92. The van der Waals surface area contributed by atoms with Crippen LogP contribution in [0.3, 0.4) is 0 Å². The van der Waals surface area contributed by atoms with Gasteiger partial charge >= 0.3 is 0 Å². The Morgan fingerprint density at radius 1 is 1.00 bits per heavy atom. The van der Waals surface area contributed by atoms with E-state index in [0.29, 0.717) is 17.7 Å². The molecule has 0 saturated carbocycles. The number of H-pyrrole nitrogens is 1. The van der Waals surface area contributed by atoms with E-state index in [1.54, 1.807) is 6.07 Å². The maximum Gasteiger partial charge on any atom is 0.256 e. The van der Waals surface area contributed by atoms with Gasteiger partial charge in [0.15, 0.2) is 5.75 Å². The van der Waals surface area contributed by atoms with Gasteiger partial charge in [0.25, 0.3) is 5.56 Å². The lowest BCUT2D eigenvalue weighted by atomic mass is 10.1. The van der Waals surface area contributed by atoms with Gasteiger partial charge in [0.05, 0.1) is 17.7 Å². The van der Waals surface area contributed by atoms with Crippen molar-refractivity contribution in [2.24, 2.45) is 0 Å². The molecule has 146 valence electrons. The third kappa shape index (κ3) is 4.04. The summed E-state index contributed by atoms with van der Waals surface area (Å²) in [5.74, 6) is 0.722. The average Bonchev–Trinajstić information content (AvgIpc) is 2.74. The van der Waals surface area contributed by atoms with Crippen molar-refractivity contribution in [3.63, 3.8) is 0 Å². The van der Waals surface area contributed by atoms with E-state index in [9.17, 15) is 4.79 Å². The SMILES string of the molecule is Nc1ccc2c(OCCCN3CCCCC3)c(-c3ccccc3)[nH]c(=O)c2c1. The first kappa shape index (κ1) is 18.6. The molecule has 1 aliphatic rings. The van der Waals surface area contributed by atoms with Gasteiger partial charge in [0.2, 0.25) is 0 Å². The fourth-order valence-electron chi connectivity index (χ4n) is 3.92. The number of likely N-dealkylation sites (tertiary alicyclic amines) is 1. The van der Waals surface area contributed by atoms with E-state index in [1.165, 1.54) is 32.4 Å². The minimum atomic E-state index is -0.151. The molecular weight excluding hydrogens is 350 g/mol. The lowest BCUT2D eigenvalue weighted by Crippen LogP contribution is -2.31. The normalized spacial score (nSPS) is 15.0. The largest absolute Gasteiger partial charge is 0.491 e. The zero-order chi connectivity index (χ0) is 19.3. The quantitative estimate of drug-likeness (QED) is 0.502. The Hall–Kier alpha value is -2.79. The fraction of sp³-hybridized carbons (Fsp3) is 0.348. The topological polar surface area (TPSA) is 71.3 Å². The maximum absolute atomic E-state index is 12.6. The first-order valence-corrected chi connectivity index (χ1v) is 10.1. The molecule has 5 heteroatoms. The standard InChI is InChI=1S/C23H27N3O2/c24-18-10-11-19-20(16-18)23(27)25-21(17-8-3-1-4-9-17)22(19)28-15-7-14-26-12-5-2-6-13-26/h1,3-4,8-11,16H,2,5-7,12-15,24H2,(H,25,27). The molecule has 4 rings (SSSR count). The first-order chi connectivity index (χ1) is 13.7. The summed E-state index contributed by atoms with van der Waals surface area (Å²) in [7, 11) is 0. The Bertz CT molecular complexity index is 992. The summed E-state index contributed by atoms with van der Waals surface area (Å²) in [6.07, 6.45) is 4.90. The Morgan fingerprint density at radius 3 is 2.57 bits per heavy atom. The van der Waals surface area contributed by atoms with Gasteiger partial charge in [0, 0.05) is 23.2 Å². The summed E-state index contributed by atoms with van der Waals surface area (Å²) < 4.78 is 6.25. The van der Waals surface area contributed by atoms with Crippen molar-refractivity contribution >= 4 is 16.5 Å². The monoisotopic (exact) mass is 377 g/mol. The second kappa shape index (κ2) is 8.48. The number of nitrogens with zero attached hydrogens (tertiary/aromatic N) is 1. The Morgan fingerprint density at radius 2 is 1.79 bits per heavy atom. The van der Waals surface area contributed by atoms with Crippen LogP contribution in [0.1, 0.15) is 25.7 Å². The Balaban J connectivity index is 1.62. The number of hydrogen-bond acceptors (Lipinski definition) is 4. The number of ether oxygens (including phenoxy) is 1. The number of hydrogen-bond donors (Lipinski definition) is 2. The van der Waals surface area contributed by atoms with Crippen molar-refractivity contribution in [3.05, 3.63) is 58.9 Å². The number of nitrogen functional groups attached to an aromatic ring is 1. The molecule has 5 nitrogen and oxygen atoms in total. The number of fused-ring (bicyclic) bond motifs is 1. The first-order valence-electron chi connectivity index (χ1n) is 10.1. The predicted octanol–water partition coefficient (Wildman–Crippen LogP) is 4.03. The number of aromatic amines is 1. The molecule has 0 unspecified atom stereocenters. The summed E-state index contributed by atoms with van der Waals surface area (Å²) in [6, 6.07) is 15.3. The number of nitrogens with one attached hydrogen (secondary N) is 1. The summed E-state index contributed by atoms with van der Waals surface area (Å²) in [5, 5.41) is 1.36. The second-order valence-corrected chi connectivity index (χ2v) is 7.43. The van der Waals surface area contributed by atoms with Gasteiger partial charge in [-0.05, 0) is 50.6 Å². The van der Waals surface area contributed by atoms with E-state index in [0.717, 1.165) is 35.4 Å². The number of anilines is 1. The highest BCUT2D eigenvalue weighted by atomic mass is 16.5. The van der Waals surface area contributed by atoms with Gasteiger partial charge in [0.1, 0.15) is 0 Å². The van der Waals surface area contributed by atoms with Crippen LogP contribution in [0.2, 0.25) is 0 Å². The van der Waals surface area contributed by atoms with Crippen molar-refractivity contribution in [2.75, 3.05) is 32.0 Å². The van der Waals surface area contributed by atoms with Crippen molar-refractivity contribution in [1.29, 1.82) is 0 Å². The van der Waals surface area contributed by atoms with E-state index in [1.807, 2.05) is 42.5 Å². The summed E-state index contributed by atoms with van der Waals surface area (Å²) >= 11 is 0. The van der Waals surface area contributed by atoms with Crippen LogP contribution in [0.4, 0.5) is 5.69 Å². The van der Waals surface area contributed by atoms with Crippen LogP contribution < -0.4 is 16.0 Å². The van der Waals surface area contributed by atoms with Crippen LogP contribution in [0, 0.1) is 0 Å². The molecule has 0 atom stereocenters. The molecule has 1 fully saturated rings. The minimum absolute atomic E-state index is 0.151. The third-order valence-electron chi connectivity index (χ3n) is 5.37. The highest BCUT2D eigenvalue weighted by molar-refractivity contribution is 5.94. The van der Waals surface area contributed by atoms with Crippen LogP contribution in [-0.2, 0) is 0 Å². The molecule has 1 saturated heterocycles. The van der Waals surface area contributed by atoms with E-state index in [-0.39, 0.29) is 5.56 Å². The molecular formula is C23H27N3O2. The number of aromatic nitrogens is 1. The molecule has 3 aromatic rings. The van der Waals surface area contributed by atoms with E-state index in [2.05, 4.69) is 9.88 Å². The van der Waals surface area contributed by atoms with E-state index in [4.69, 9.17) is 10.5 Å². The zero-order valence-corrected chi connectivity index (χ0v) is 16.1. The molecule has 0 radical (unpaired) electrons. The van der Waals surface area contributed by atoms with Crippen molar-refractivity contribution in [2.45, 2.75) is 25.7 Å². The van der Waals surface area contributed by atoms with Gasteiger partial charge in [-0.3, -0.25) is 4.79 Å². The maximum atomic E-state index is 12.6.